The van der Waals surface area contributed by atoms with E-state index in [0.29, 0.717) is 24.1 Å². The van der Waals surface area contributed by atoms with E-state index in [-0.39, 0.29) is 36.5 Å². The van der Waals surface area contributed by atoms with Gasteiger partial charge in [0.1, 0.15) is 6.54 Å². The third-order valence-electron chi connectivity index (χ3n) is 2.14. The highest BCUT2D eigenvalue weighted by atomic mass is 127. The van der Waals surface area contributed by atoms with E-state index in [2.05, 4.69) is 0 Å². The van der Waals surface area contributed by atoms with Crippen LogP contribution in [0.25, 0.3) is 0 Å². The second-order valence-electron chi connectivity index (χ2n) is 3.88. The van der Waals surface area contributed by atoms with Crippen LogP contribution in [0.5, 0.6) is 0 Å². The van der Waals surface area contributed by atoms with Gasteiger partial charge in [-0.15, -0.1) is 0 Å². The van der Waals surface area contributed by atoms with Gasteiger partial charge >= 0.3 is 0 Å². The monoisotopic (exact) mass is 327 g/mol. The molecule has 0 aromatic rings. The van der Waals surface area contributed by atoms with Gasteiger partial charge in [0.05, 0.1) is 33.8 Å². The second-order valence-corrected chi connectivity index (χ2v) is 3.88. The van der Waals surface area contributed by atoms with E-state index in [1.165, 1.54) is 6.92 Å². The molecule has 0 aliphatic heterocycles. The van der Waals surface area contributed by atoms with Crippen molar-refractivity contribution in [2.75, 3.05) is 40.3 Å². The molecule has 0 saturated heterocycles. The minimum absolute atomic E-state index is 0. The summed E-state index contributed by atoms with van der Waals surface area (Å²) in [6, 6.07) is 0. The number of amides is 1. The van der Waals surface area contributed by atoms with Gasteiger partial charge in [-0.2, -0.15) is 5.26 Å². The summed E-state index contributed by atoms with van der Waals surface area (Å²) in [5.41, 5.74) is 0. The van der Waals surface area contributed by atoms with Crippen LogP contribution >= 0.6 is 0 Å². The summed E-state index contributed by atoms with van der Waals surface area (Å²) >= 11 is 0. The van der Waals surface area contributed by atoms with Crippen LogP contribution in [0.15, 0.2) is 0 Å². The van der Waals surface area contributed by atoms with Crippen LogP contribution in [-0.2, 0) is 4.79 Å². The average molecular weight is 327 g/mol. The molecule has 88 valence electrons. The van der Waals surface area contributed by atoms with E-state index < -0.39 is 0 Å². The first-order valence-corrected chi connectivity index (χ1v) is 4.53. The van der Waals surface area contributed by atoms with Gasteiger partial charge in [0.25, 0.3) is 0 Å². The second kappa shape index (κ2) is 7.84. The lowest BCUT2D eigenvalue weighted by Crippen LogP contribution is -3.00. The van der Waals surface area contributed by atoms with Gasteiger partial charge in [0.15, 0.2) is 6.19 Å². The van der Waals surface area contributed by atoms with Gasteiger partial charge in [-0.25, -0.2) is 4.90 Å². The Morgan fingerprint density at radius 2 is 2.00 bits per heavy atom. The number of hydrogen-bond donors (Lipinski definition) is 1. The van der Waals surface area contributed by atoms with E-state index in [9.17, 15) is 4.79 Å². The van der Waals surface area contributed by atoms with Gasteiger partial charge in [-0.3, -0.25) is 4.79 Å². The molecule has 0 aliphatic carbocycles. The van der Waals surface area contributed by atoms with E-state index in [0.717, 1.165) is 4.90 Å². The molecule has 0 rings (SSSR count). The highest BCUT2D eigenvalue weighted by molar-refractivity contribution is 5.74. The number of aliphatic hydroxyl groups is 1. The zero-order valence-electron chi connectivity index (χ0n) is 9.40. The quantitative estimate of drug-likeness (QED) is 0.246. The van der Waals surface area contributed by atoms with Crippen molar-refractivity contribution in [1.82, 2.24) is 4.90 Å². The van der Waals surface area contributed by atoms with Crippen LogP contribution in [0, 0.1) is 11.5 Å². The fourth-order valence-electron chi connectivity index (χ4n) is 1.03. The Morgan fingerprint density at radius 3 is 2.33 bits per heavy atom. The maximum absolute atomic E-state index is 10.9. The number of nitriles is 1. The summed E-state index contributed by atoms with van der Waals surface area (Å²) in [5.74, 6) is -0.239. The van der Waals surface area contributed by atoms with Crippen molar-refractivity contribution in [2.24, 2.45) is 0 Å². The van der Waals surface area contributed by atoms with Crippen LogP contribution in [0.3, 0.4) is 0 Å². The molecule has 0 fully saturated rings. The van der Waals surface area contributed by atoms with Crippen LogP contribution in [0.4, 0.5) is 0 Å². The lowest BCUT2D eigenvalue weighted by Gasteiger charge is -2.29. The predicted octanol–water partition coefficient (Wildman–Crippen LogP) is -3.61. The molecule has 5 nitrogen and oxygen atoms in total. The smallest absolute Gasteiger partial charge is 0.232 e. The number of halogens is 1. The van der Waals surface area contributed by atoms with Crippen LogP contribution in [0.1, 0.15) is 6.92 Å². The lowest BCUT2D eigenvalue weighted by atomic mass is 10.4. The number of nitrogens with zero attached hydrogens (tertiary/aromatic N) is 3. The molecular formula is C9H18IN3O2. The highest BCUT2D eigenvalue weighted by Crippen LogP contribution is 1.97. The molecule has 0 bridgehead atoms. The summed E-state index contributed by atoms with van der Waals surface area (Å²) in [6.07, 6.45) is 1.83. The molecule has 1 amide bonds. The molecule has 0 saturated carbocycles. The highest BCUT2D eigenvalue weighted by Gasteiger charge is 2.17. The Balaban J connectivity index is 0. The first-order chi connectivity index (χ1) is 6.43. The molecule has 0 atom stereocenters. The van der Waals surface area contributed by atoms with Gasteiger partial charge in [0, 0.05) is 6.92 Å². The maximum atomic E-state index is 10.9. The van der Waals surface area contributed by atoms with Gasteiger partial charge in [-0.05, 0) is 0 Å². The van der Waals surface area contributed by atoms with Crippen molar-refractivity contribution in [3.8, 4) is 6.19 Å². The minimum atomic E-state index is -0.239. The van der Waals surface area contributed by atoms with Crippen molar-refractivity contribution in [3.05, 3.63) is 0 Å². The molecule has 6 heteroatoms. The predicted molar refractivity (Wildman–Crippen MR) is 51.9 cm³/mol. The van der Waals surface area contributed by atoms with Crippen LogP contribution < -0.4 is 24.0 Å². The molecule has 0 radical (unpaired) electrons. The summed E-state index contributed by atoms with van der Waals surface area (Å²) in [7, 11) is 3.90. The number of hydrogen-bond acceptors (Lipinski definition) is 3. The van der Waals surface area contributed by atoms with E-state index >= 15 is 0 Å². The summed E-state index contributed by atoms with van der Waals surface area (Å²) in [5, 5.41) is 17.4. The molecule has 0 spiro atoms. The van der Waals surface area contributed by atoms with Crippen molar-refractivity contribution in [3.63, 3.8) is 0 Å². The van der Waals surface area contributed by atoms with E-state index in [1.54, 1.807) is 0 Å². The molecule has 15 heavy (non-hydrogen) atoms. The first kappa shape index (κ1) is 17.0. The number of quaternary nitrogens is 1. The Kier molecular flexibility index (Phi) is 8.90. The van der Waals surface area contributed by atoms with Crippen molar-refractivity contribution in [2.45, 2.75) is 6.92 Å². The number of rotatable bonds is 5. The number of carbonyl (C=O) groups excluding carboxylic acids is 1. The third-order valence-corrected chi connectivity index (χ3v) is 2.14. The molecule has 0 heterocycles. The number of likely N-dealkylation sites (N-methyl/N-ethyl adjacent to an activating group) is 1. The standard InChI is InChI=1S/C9H18N3O2.HI/c1-9(14)11(8-10)4-5-12(2,3)6-7-13;/h13H,4-7H2,1-3H3;1H/q+1;/p-1. The third kappa shape index (κ3) is 7.53. The topological polar surface area (TPSA) is 64.3 Å². The molecule has 0 aliphatic rings. The van der Waals surface area contributed by atoms with Gasteiger partial charge in [-0.1, -0.05) is 0 Å². The Bertz CT molecular complexity index is 238. The Morgan fingerprint density at radius 1 is 1.47 bits per heavy atom. The van der Waals surface area contributed by atoms with Crippen molar-refractivity contribution >= 4 is 5.91 Å². The van der Waals surface area contributed by atoms with Crippen LogP contribution in [0.2, 0.25) is 0 Å². The van der Waals surface area contributed by atoms with E-state index in [1.807, 2.05) is 20.3 Å². The number of aliphatic hydroxyl groups excluding tert-OH is 1. The molecular weight excluding hydrogens is 309 g/mol. The van der Waals surface area contributed by atoms with Crippen molar-refractivity contribution < 1.29 is 38.4 Å². The molecule has 1 N–H and O–H groups in total. The fraction of sp³-hybridized carbons (Fsp3) is 0.778. The molecule has 0 aromatic carbocycles. The molecule has 0 unspecified atom stereocenters. The lowest BCUT2D eigenvalue weighted by molar-refractivity contribution is -0.889. The van der Waals surface area contributed by atoms with Gasteiger partial charge in [0.2, 0.25) is 5.91 Å². The largest absolute Gasteiger partial charge is 1.00 e. The van der Waals surface area contributed by atoms with Crippen molar-refractivity contribution in [1.29, 1.82) is 5.26 Å². The molecule has 0 aromatic heterocycles. The fourth-order valence-corrected chi connectivity index (χ4v) is 1.03. The average Bonchev–Trinajstić information content (AvgIpc) is 2.04. The normalized spacial score (nSPS) is 10.1. The summed E-state index contributed by atoms with van der Waals surface area (Å²) in [6.45, 7) is 3.17. The first-order valence-electron chi connectivity index (χ1n) is 4.53. The SMILES string of the molecule is CC(=O)N(C#N)CC[N+](C)(C)CCO.[I-]. The zero-order valence-corrected chi connectivity index (χ0v) is 11.6. The number of carbonyl (C=O) groups is 1. The van der Waals surface area contributed by atoms with E-state index in [4.69, 9.17) is 10.4 Å². The minimum Gasteiger partial charge on any atom is -1.00 e. The summed E-state index contributed by atoms with van der Waals surface area (Å²) < 4.78 is 0.599. The summed E-state index contributed by atoms with van der Waals surface area (Å²) in [4.78, 5) is 12.0. The zero-order chi connectivity index (χ0) is 11.2. The Labute approximate surface area is 108 Å². The maximum Gasteiger partial charge on any atom is 0.232 e. The Hall–Kier alpha value is -0.390. The van der Waals surface area contributed by atoms with Crippen LogP contribution in [-0.4, -0.2) is 60.7 Å². The van der Waals surface area contributed by atoms with Gasteiger partial charge < -0.3 is 33.6 Å².